The van der Waals surface area contributed by atoms with E-state index in [-0.39, 0.29) is 17.2 Å². The van der Waals surface area contributed by atoms with Gasteiger partial charge in [0, 0.05) is 0 Å². The molecular formula is C18H13ClN4O3S. The van der Waals surface area contributed by atoms with Crippen molar-refractivity contribution in [2.24, 2.45) is 5.73 Å². The summed E-state index contributed by atoms with van der Waals surface area (Å²) in [7, 11) is 1.46. The van der Waals surface area contributed by atoms with Gasteiger partial charge in [0.25, 0.3) is 0 Å². The third-order valence-corrected chi connectivity index (χ3v) is 5.54. The maximum Gasteiger partial charge on any atom is 0.244 e. The zero-order chi connectivity index (χ0) is 19.1. The fraction of sp³-hybridized carbons (Fsp3) is 0.111. The summed E-state index contributed by atoms with van der Waals surface area (Å²) in [5, 5.41) is 26.8. The standard InChI is InChI=1S/C18H13ClN4O3S/c1-25-11-6-8(2-3-10(11)24)14-9(7-20)17(21)26-18-15(14)16(22-23-18)12-4-5-13(19)27-12/h2-6,14,24H,21H2,1H3,(H,22,23)/t14-/m1/s1. The molecule has 0 radical (unpaired) electrons. The van der Waals surface area contributed by atoms with Gasteiger partial charge in [-0.2, -0.15) is 5.26 Å². The highest BCUT2D eigenvalue weighted by atomic mass is 35.5. The lowest BCUT2D eigenvalue weighted by Gasteiger charge is -2.24. The molecule has 0 saturated heterocycles. The van der Waals surface area contributed by atoms with E-state index >= 15 is 0 Å². The number of benzene rings is 1. The highest BCUT2D eigenvalue weighted by molar-refractivity contribution is 7.19. The highest BCUT2D eigenvalue weighted by Gasteiger charge is 2.36. The number of nitrogens with one attached hydrogen (secondary N) is 1. The van der Waals surface area contributed by atoms with Gasteiger partial charge in [0.1, 0.15) is 11.6 Å². The number of methoxy groups -OCH3 is 1. The number of halogens is 1. The fourth-order valence-corrected chi connectivity index (χ4v) is 4.14. The molecule has 0 fully saturated rings. The summed E-state index contributed by atoms with van der Waals surface area (Å²) < 4.78 is 11.4. The minimum absolute atomic E-state index is 0.00134. The summed E-state index contributed by atoms with van der Waals surface area (Å²) in [4.78, 5) is 0.853. The Kier molecular flexibility index (Phi) is 4.18. The van der Waals surface area contributed by atoms with E-state index in [4.69, 9.17) is 26.8 Å². The Morgan fingerprint density at radius 3 is 2.89 bits per heavy atom. The van der Waals surface area contributed by atoms with Crippen molar-refractivity contribution in [2.75, 3.05) is 7.11 Å². The second kappa shape index (κ2) is 6.54. The van der Waals surface area contributed by atoms with Crippen molar-refractivity contribution >= 4 is 22.9 Å². The molecule has 9 heteroatoms. The molecule has 1 aromatic carbocycles. The smallest absolute Gasteiger partial charge is 0.244 e. The van der Waals surface area contributed by atoms with Crippen molar-refractivity contribution in [1.82, 2.24) is 10.2 Å². The number of aromatic nitrogens is 2. The van der Waals surface area contributed by atoms with Gasteiger partial charge in [-0.15, -0.1) is 16.4 Å². The van der Waals surface area contributed by atoms with Crippen molar-refractivity contribution < 1.29 is 14.6 Å². The summed E-state index contributed by atoms with van der Waals surface area (Å²) in [5.74, 6) is 0.0392. The van der Waals surface area contributed by atoms with E-state index in [1.807, 2.05) is 6.07 Å². The van der Waals surface area contributed by atoms with Crippen molar-refractivity contribution in [3.05, 3.63) is 57.3 Å². The number of aromatic hydroxyl groups is 1. The molecular weight excluding hydrogens is 388 g/mol. The molecule has 0 bridgehead atoms. The molecule has 0 aliphatic carbocycles. The molecule has 7 nitrogen and oxygen atoms in total. The van der Waals surface area contributed by atoms with E-state index in [0.29, 0.717) is 32.8 Å². The third kappa shape index (κ3) is 2.77. The first kappa shape index (κ1) is 17.3. The molecule has 0 amide bonds. The third-order valence-electron chi connectivity index (χ3n) is 4.30. The number of aromatic amines is 1. The number of hydrogen-bond acceptors (Lipinski definition) is 7. The lowest BCUT2D eigenvalue weighted by Crippen LogP contribution is -2.21. The van der Waals surface area contributed by atoms with E-state index in [1.165, 1.54) is 24.5 Å². The van der Waals surface area contributed by atoms with Crippen LogP contribution in [0.25, 0.3) is 10.6 Å². The van der Waals surface area contributed by atoms with Crippen LogP contribution in [0.1, 0.15) is 17.0 Å². The van der Waals surface area contributed by atoms with Crippen LogP contribution in [0.3, 0.4) is 0 Å². The number of hydrogen-bond donors (Lipinski definition) is 3. The van der Waals surface area contributed by atoms with Crippen LogP contribution in [-0.2, 0) is 0 Å². The number of rotatable bonds is 3. The lowest BCUT2D eigenvalue weighted by molar-refractivity contribution is 0.371. The predicted octanol–water partition coefficient (Wildman–Crippen LogP) is 3.72. The minimum Gasteiger partial charge on any atom is -0.504 e. The van der Waals surface area contributed by atoms with Crippen LogP contribution in [0.5, 0.6) is 17.4 Å². The summed E-state index contributed by atoms with van der Waals surface area (Å²) in [6.45, 7) is 0. The molecule has 2 aromatic heterocycles. The van der Waals surface area contributed by atoms with Gasteiger partial charge in [0.2, 0.25) is 11.8 Å². The Hall–Kier alpha value is -3.15. The first-order valence-electron chi connectivity index (χ1n) is 7.82. The van der Waals surface area contributed by atoms with Gasteiger partial charge in [-0.3, -0.25) is 5.10 Å². The number of fused-ring (bicyclic) bond motifs is 1. The second-order valence-electron chi connectivity index (χ2n) is 5.78. The van der Waals surface area contributed by atoms with Crippen molar-refractivity contribution in [2.45, 2.75) is 5.92 Å². The number of allylic oxidation sites excluding steroid dienone is 1. The first-order chi connectivity index (χ1) is 13.0. The Bertz CT molecular complexity index is 1110. The molecule has 4 rings (SSSR count). The Labute approximate surface area is 163 Å². The Morgan fingerprint density at radius 1 is 1.41 bits per heavy atom. The van der Waals surface area contributed by atoms with Crippen LogP contribution in [0.4, 0.5) is 0 Å². The van der Waals surface area contributed by atoms with Crippen molar-refractivity contribution in [1.29, 1.82) is 5.26 Å². The van der Waals surface area contributed by atoms with E-state index in [9.17, 15) is 10.4 Å². The summed E-state index contributed by atoms with van der Waals surface area (Å²) in [5.41, 5.74) is 8.29. The Morgan fingerprint density at radius 2 is 2.22 bits per heavy atom. The molecule has 0 spiro atoms. The molecule has 0 unspecified atom stereocenters. The first-order valence-corrected chi connectivity index (χ1v) is 9.01. The summed E-state index contributed by atoms with van der Waals surface area (Å²) >= 11 is 7.46. The quantitative estimate of drug-likeness (QED) is 0.616. The van der Waals surface area contributed by atoms with E-state index in [0.717, 1.165) is 4.88 Å². The summed E-state index contributed by atoms with van der Waals surface area (Å²) in [6, 6.07) is 10.7. The normalized spacial score (nSPS) is 15.8. The van der Waals surface area contributed by atoms with Crippen LogP contribution < -0.4 is 15.2 Å². The van der Waals surface area contributed by atoms with Crippen LogP contribution >= 0.6 is 22.9 Å². The number of thiophene rings is 1. The lowest BCUT2D eigenvalue weighted by atomic mass is 9.83. The van der Waals surface area contributed by atoms with Gasteiger partial charge in [-0.25, -0.2) is 0 Å². The maximum absolute atomic E-state index is 9.92. The van der Waals surface area contributed by atoms with E-state index < -0.39 is 5.92 Å². The predicted molar refractivity (Wildman–Crippen MR) is 101 cm³/mol. The zero-order valence-corrected chi connectivity index (χ0v) is 15.6. The zero-order valence-electron chi connectivity index (χ0n) is 14.0. The molecule has 0 saturated carbocycles. The molecule has 1 atom stereocenters. The van der Waals surface area contributed by atoms with Gasteiger partial charge in [0.15, 0.2) is 11.5 Å². The number of nitrogens with two attached hydrogens (primary N) is 1. The molecule has 1 aliphatic rings. The van der Waals surface area contributed by atoms with Gasteiger partial charge in [-0.1, -0.05) is 17.7 Å². The number of ether oxygens (including phenoxy) is 2. The van der Waals surface area contributed by atoms with Gasteiger partial charge in [-0.05, 0) is 29.8 Å². The minimum atomic E-state index is -0.539. The molecule has 1 aliphatic heterocycles. The number of H-pyrrole nitrogens is 1. The van der Waals surface area contributed by atoms with Crippen molar-refractivity contribution in [3.63, 3.8) is 0 Å². The van der Waals surface area contributed by atoms with Gasteiger partial charge < -0.3 is 20.3 Å². The van der Waals surface area contributed by atoms with Crippen LogP contribution in [0.15, 0.2) is 41.8 Å². The van der Waals surface area contributed by atoms with E-state index in [2.05, 4.69) is 16.3 Å². The van der Waals surface area contributed by atoms with Gasteiger partial charge in [0.05, 0.1) is 33.5 Å². The van der Waals surface area contributed by atoms with Crippen LogP contribution in [-0.4, -0.2) is 22.4 Å². The fourth-order valence-electron chi connectivity index (χ4n) is 3.09. The van der Waals surface area contributed by atoms with Gasteiger partial charge >= 0.3 is 0 Å². The number of phenols is 1. The monoisotopic (exact) mass is 400 g/mol. The van der Waals surface area contributed by atoms with Crippen molar-refractivity contribution in [3.8, 4) is 34.0 Å². The largest absolute Gasteiger partial charge is 0.504 e. The highest BCUT2D eigenvalue weighted by Crippen LogP contribution is 2.48. The SMILES string of the molecule is COc1cc([C@@H]2C(C#N)=C(N)Oc3n[nH]c(-c4ccc(Cl)s4)c32)ccc1O. The Balaban J connectivity index is 1.95. The topological polar surface area (TPSA) is 117 Å². The average Bonchev–Trinajstić information content (AvgIpc) is 3.27. The maximum atomic E-state index is 9.92. The molecule has 3 aromatic rings. The van der Waals surface area contributed by atoms with Crippen LogP contribution in [0.2, 0.25) is 4.34 Å². The average molecular weight is 401 g/mol. The molecule has 3 heterocycles. The number of nitriles is 1. The molecule has 136 valence electrons. The number of phenolic OH excluding ortho intramolecular Hbond substituents is 1. The second-order valence-corrected chi connectivity index (χ2v) is 7.49. The number of nitrogens with zero attached hydrogens (tertiary/aromatic N) is 2. The summed E-state index contributed by atoms with van der Waals surface area (Å²) in [6.07, 6.45) is 0. The molecule has 4 N–H and O–H groups in total. The molecule has 27 heavy (non-hydrogen) atoms. The van der Waals surface area contributed by atoms with Crippen LogP contribution in [0, 0.1) is 11.3 Å². The van der Waals surface area contributed by atoms with E-state index in [1.54, 1.807) is 18.2 Å².